The van der Waals surface area contributed by atoms with Crippen LogP contribution in [-0.2, 0) is 19.1 Å². The summed E-state index contributed by atoms with van der Waals surface area (Å²) in [7, 11) is 0. The van der Waals surface area contributed by atoms with E-state index in [-0.39, 0.29) is 30.9 Å². The Kier molecular flexibility index (Phi) is 7.22. The quantitative estimate of drug-likeness (QED) is 0.420. The SMILES string of the molecule is CCOc1ccc(N2CC=C[C@H]3O[C@]45C=CCN(c6ccc7ccccc7c6)C(=O)C4N(CCCO)C(=O)[C@@H]5[C@H]3C2=O)cc1. The zero-order valence-electron chi connectivity index (χ0n) is 24.5. The molecule has 0 radical (unpaired) electrons. The van der Waals surface area contributed by atoms with Gasteiger partial charge in [-0.1, -0.05) is 54.6 Å². The highest BCUT2D eigenvalue weighted by Crippen LogP contribution is 2.54. The van der Waals surface area contributed by atoms with Crippen LogP contribution in [0.2, 0.25) is 0 Å². The lowest BCUT2D eigenvalue weighted by Crippen LogP contribution is -2.55. The van der Waals surface area contributed by atoms with Gasteiger partial charge < -0.3 is 29.3 Å². The van der Waals surface area contributed by atoms with Crippen LogP contribution in [0.5, 0.6) is 5.75 Å². The second kappa shape index (κ2) is 11.2. The first-order valence-corrected chi connectivity index (χ1v) is 15.2. The Bertz CT molecular complexity index is 1670. The fourth-order valence-electron chi connectivity index (χ4n) is 7.32. The first-order chi connectivity index (χ1) is 21.5. The summed E-state index contributed by atoms with van der Waals surface area (Å²) >= 11 is 0. The number of hydrogen-bond donors (Lipinski definition) is 1. The van der Waals surface area contributed by atoms with Gasteiger partial charge in [-0.25, -0.2) is 0 Å². The molecule has 1 N–H and O–H groups in total. The second-order valence-electron chi connectivity index (χ2n) is 11.6. The summed E-state index contributed by atoms with van der Waals surface area (Å²) in [6.45, 7) is 3.13. The smallest absolute Gasteiger partial charge is 0.253 e. The zero-order chi connectivity index (χ0) is 30.4. The number of fused-ring (bicyclic) bond motifs is 3. The van der Waals surface area contributed by atoms with Gasteiger partial charge in [0.25, 0.3) is 5.91 Å². The van der Waals surface area contributed by atoms with E-state index in [9.17, 15) is 19.5 Å². The minimum atomic E-state index is -1.33. The number of aliphatic hydroxyl groups is 1. The summed E-state index contributed by atoms with van der Waals surface area (Å²) in [5.74, 6) is -1.80. The molecule has 1 spiro atoms. The van der Waals surface area contributed by atoms with Crippen LogP contribution in [0.1, 0.15) is 13.3 Å². The van der Waals surface area contributed by atoms with Crippen molar-refractivity contribution in [3.05, 3.63) is 91.0 Å². The van der Waals surface area contributed by atoms with Crippen molar-refractivity contribution in [2.24, 2.45) is 11.8 Å². The van der Waals surface area contributed by atoms with E-state index < -0.39 is 29.6 Å². The van der Waals surface area contributed by atoms with Gasteiger partial charge in [-0.05, 0) is 60.5 Å². The van der Waals surface area contributed by atoms with Gasteiger partial charge in [0.05, 0.1) is 24.5 Å². The van der Waals surface area contributed by atoms with Gasteiger partial charge in [0.15, 0.2) is 0 Å². The molecule has 9 nitrogen and oxygen atoms in total. The molecule has 4 aliphatic heterocycles. The maximum Gasteiger partial charge on any atom is 0.253 e. The summed E-state index contributed by atoms with van der Waals surface area (Å²) in [6.07, 6.45) is 7.11. The second-order valence-corrected chi connectivity index (χ2v) is 11.6. The number of aliphatic hydroxyl groups excluding tert-OH is 1. The van der Waals surface area contributed by atoms with Crippen molar-refractivity contribution < 1.29 is 29.0 Å². The summed E-state index contributed by atoms with van der Waals surface area (Å²) < 4.78 is 12.3. The Morgan fingerprint density at radius 3 is 2.39 bits per heavy atom. The largest absolute Gasteiger partial charge is 0.494 e. The van der Waals surface area contributed by atoms with E-state index in [0.717, 1.165) is 16.5 Å². The molecule has 1 unspecified atom stereocenters. The minimum absolute atomic E-state index is 0.132. The van der Waals surface area contributed by atoms with E-state index >= 15 is 0 Å². The molecule has 7 rings (SSSR count). The third-order valence-electron chi connectivity index (χ3n) is 9.22. The zero-order valence-corrected chi connectivity index (χ0v) is 24.5. The van der Waals surface area contributed by atoms with Crippen LogP contribution in [-0.4, -0.2) is 78.3 Å². The van der Waals surface area contributed by atoms with Crippen molar-refractivity contribution in [1.29, 1.82) is 0 Å². The average molecular weight is 594 g/mol. The molecule has 0 saturated carbocycles. The third-order valence-corrected chi connectivity index (χ3v) is 9.22. The van der Waals surface area contributed by atoms with Gasteiger partial charge in [0, 0.05) is 37.6 Å². The predicted molar refractivity (Wildman–Crippen MR) is 166 cm³/mol. The number of amides is 3. The highest BCUT2D eigenvalue weighted by molar-refractivity contribution is 6.08. The maximum absolute atomic E-state index is 14.6. The van der Waals surface area contributed by atoms with Crippen LogP contribution in [0.3, 0.4) is 0 Å². The van der Waals surface area contributed by atoms with Crippen molar-refractivity contribution in [1.82, 2.24) is 4.90 Å². The van der Waals surface area contributed by atoms with E-state index in [1.165, 1.54) is 4.90 Å². The van der Waals surface area contributed by atoms with Crippen LogP contribution in [0.15, 0.2) is 91.0 Å². The number of carbonyl (C=O) groups is 3. The lowest BCUT2D eigenvalue weighted by molar-refractivity contribution is -0.140. The standard InChI is InChI=1S/C35H35N3O6/c1-2-43-27-15-13-25(14-16-27)36-18-5-10-28-29(32(36)40)30-33(41)38(20-7-21-39)31-34(42)37(19-6-17-35(30,31)44-28)26-12-11-23-8-3-4-9-24(23)22-26/h3-6,8-17,22,28-31,39H,2,7,18-21H2,1H3/t28-,29+,30+,31?,35+/m1/s1. The third kappa shape index (κ3) is 4.41. The number of anilines is 2. The predicted octanol–water partition coefficient (Wildman–Crippen LogP) is 3.71. The molecule has 0 bridgehead atoms. The molecule has 3 amide bonds. The van der Waals surface area contributed by atoms with Crippen LogP contribution >= 0.6 is 0 Å². The summed E-state index contributed by atoms with van der Waals surface area (Å²) in [5, 5.41) is 11.8. The van der Waals surface area contributed by atoms with Gasteiger partial charge >= 0.3 is 0 Å². The van der Waals surface area contributed by atoms with E-state index in [1.54, 1.807) is 9.80 Å². The van der Waals surface area contributed by atoms with Crippen LogP contribution in [0.4, 0.5) is 11.4 Å². The molecule has 44 heavy (non-hydrogen) atoms. The van der Waals surface area contributed by atoms with Crippen molar-refractivity contribution in [2.75, 3.05) is 42.6 Å². The number of benzene rings is 3. The normalized spacial score (nSPS) is 27.8. The Labute approximate surface area is 255 Å². The van der Waals surface area contributed by atoms with Crippen LogP contribution in [0.25, 0.3) is 10.8 Å². The first kappa shape index (κ1) is 28.3. The van der Waals surface area contributed by atoms with E-state index in [2.05, 4.69) is 0 Å². The lowest BCUT2D eigenvalue weighted by atomic mass is 9.77. The average Bonchev–Trinajstić information content (AvgIpc) is 3.35. The number of rotatable bonds is 7. The topological polar surface area (TPSA) is 99.6 Å². The molecule has 2 saturated heterocycles. The Balaban J connectivity index is 1.27. The fraction of sp³-hybridized carbons (Fsp3) is 0.343. The van der Waals surface area contributed by atoms with Gasteiger partial charge in [-0.3, -0.25) is 14.4 Å². The number of nitrogens with zero attached hydrogens (tertiary/aromatic N) is 3. The highest BCUT2D eigenvalue weighted by Gasteiger charge is 2.71. The van der Waals surface area contributed by atoms with E-state index in [1.807, 2.05) is 98.0 Å². The monoisotopic (exact) mass is 593 g/mol. The Morgan fingerprint density at radius 1 is 0.886 bits per heavy atom. The first-order valence-electron chi connectivity index (χ1n) is 15.2. The molecule has 0 aromatic heterocycles. The van der Waals surface area contributed by atoms with Gasteiger partial charge in [-0.15, -0.1) is 0 Å². The van der Waals surface area contributed by atoms with Crippen LogP contribution < -0.4 is 14.5 Å². The minimum Gasteiger partial charge on any atom is -0.494 e. The summed E-state index contributed by atoms with van der Waals surface area (Å²) in [5.41, 5.74) is 0.0870. The molecule has 5 atom stereocenters. The van der Waals surface area contributed by atoms with E-state index in [4.69, 9.17) is 9.47 Å². The summed E-state index contributed by atoms with van der Waals surface area (Å²) in [4.78, 5) is 48.1. The van der Waals surface area contributed by atoms with Crippen molar-refractivity contribution in [3.8, 4) is 5.75 Å². The highest BCUT2D eigenvalue weighted by atomic mass is 16.5. The van der Waals surface area contributed by atoms with Crippen molar-refractivity contribution in [3.63, 3.8) is 0 Å². The molecule has 4 heterocycles. The fourth-order valence-corrected chi connectivity index (χ4v) is 7.32. The molecule has 0 aliphatic carbocycles. The Hall–Kier alpha value is -4.47. The molecular weight excluding hydrogens is 558 g/mol. The van der Waals surface area contributed by atoms with Crippen molar-refractivity contribution >= 4 is 39.9 Å². The Morgan fingerprint density at radius 2 is 1.61 bits per heavy atom. The molecule has 226 valence electrons. The van der Waals surface area contributed by atoms with E-state index in [0.29, 0.717) is 37.6 Å². The number of carbonyl (C=O) groups excluding carboxylic acids is 3. The number of hydrogen-bond acceptors (Lipinski definition) is 6. The molecular formula is C35H35N3O6. The van der Waals surface area contributed by atoms with Gasteiger partial charge in [0.2, 0.25) is 11.8 Å². The lowest BCUT2D eigenvalue weighted by Gasteiger charge is -2.35. The number of likely N-dealkylation sites (tertiary alicyclic amines) is 1. The molecule has 3 aromatic rings. The molecule has 4 aliphatic rings. The van der Waals surface area contributed by atoms with Crippen molar-refractivity contribution in [2.45, 2.75) is 31.1 Å². The molecule has 3 aromatic carbocycles. The number of ether oxygens (including phenoxy) is 2. The van der Waals surface area contributed by atoms with Gasteiger partial charge in [0.1, 0.15) is 17.4 Å². The van der Waals surface area contributed by atoms with Crippen LogP contribution in [0, 0.1) is 11.8 Å². The summed E-state index contributed by atoms with van der Waals surface area (Å²) in [6, 6.07) is 20.2. The molecule has 9 heteroatoms. The van der Waals surface area contributed by atoms with Gasteiger partial charge in [-0.2, -0.15) is 0 Å². The molecule has 2 fully saturated rings. The maximum atomic E-state index is 14.6.